The summed E-state index contributed by atoms with van der Waals surface area (Å²) in [7, 11) is 0. The van der Waals surface area contributed by atoms with Crippen LogP contribution in [0.4, 0.5) is 0 Å². The van der Waals surface area contributed by atoms with Gasteiger partial charge in [-0.05, 0) is 19.8 Å². The average Bonchev–Trinajstić information content (AvgIpc) is 2.76. The smallest absolute Gasteiger partial charge is 0.303 e. The van der Waals surface area contributed by atoms with Crippen LogP contribution in [0.2, 0.25) is 0 Å². The molecule has 0 bridgehead atoms. The Morgan fingerprint density at radius 3 is 1.53 bits per heavy atom. The van der Waals surface area contributed by atoms with E-state index in [1.54, 1.807) is 0 Å². The molecule has 0 aliphatic rings. The van der Waals surface area contributed by atoms with Crippen molar-refractivity contribution in [1.29, 1.82) is 0 Å². The summed E-state index contributed by atoms with van der Waals surface area (Å²) in [6.07, 6.45) is 13.4. The van der Waals surface area contributed by atoms with Gasteiger partial charge in [-0.3, -0.25) is 14.4 Å². The summed E-state index contributed by atoms with van der Waals surface area (Å²) in [4.78, 5) is 35.4. The minimum atomic E-state index is -2.59. The van der Waals surface area contributed by atoms with Gasteiger partial charge in [-0.2, -0.15) is 0 Å². The van der Waals surface area contributed by atoms with Crippen LogP contribution in [-0.4, -0.2) is 57.3 Å². The maximum atomic E-state index is 12.5. The van der Waals surface area contributed by atoms with E-state index in [1.807, 2.05) is 0 Å². The average molecular weight is 459 g/mol. The summed E-state index contributed by atoms with van der Waals surface area (Å²) in [5.41, 5.74) is -2.59. The lowest BCUT2D eigenvalue weighted by Crippen LogP contribution is -2.57. The third-order valence-corrected chi connectivity index (χ3v) is 6.02. The second-order valence-corrected chi connectivity index (χ2v) is 8.93. The van der Waals surface area contributed by atoms with Gasteiger partial charge in [0.15, 0.2) is 23.6 Å². The van der Waals surface area contributed by atoms with E-state index in [4.69, 9.17) is 4.74 Å². The van der Waals surface area contributed by atoms with Crippen LogP contribution in [0, 0.1) is 0 Å². The van der Waals surface area contributed by atoms with Crippen LogP contribution in [0.5, 0.6) is 0 Å². The van der Waals surface area contributed by atoms with Gasteiger partial charge >= 0.3 is 5.97 Å². The van der Waals surface area contributed by atoms with E-state index in [-0.39, 0.29) is 6.42 Å². The summed E-state index contributed by atoms with van der Waals surface area (Å²) in [5.74, 6) is -2.59. The first-order valence-electron chi connectivity index (χ1n) is 12.4. The van der Waals surface area contributed by atoms with E-state index in [9.17, 15) is 29.7 Å². The van der Waals surface area contributed by atoms with Gasteiger partial charge in [0, 0.05) is 6.92 Å². The molecule has 0 aromatic heterocycles. The van der Waals surface area contributed by atoms with Crippen molar-refractivity contribution >= 4 is 17.5 Å². The van der Waals surface area contributed by atoms with E-state index in [0.717, 1.165) is 33.1 Å². The molecular formula is C25H46O7. The van der Waals surface area contributed by atoms with Crippen molar-refractivity contribution in [3.05, 3.63) is 0 Å². The van der Waals surface area contributed by atoms with Crippen LogP contribution in [0.15, 0.2) is 0 Å². The number of aliphatic hydroxyl groups is 3. The van der Waals surface area contributed by atoms with E-state index < -0.39 is 42.0 Å². The normalized spacial score (nSPS) is 15.1. The number of ether oxygens (including phenoxy) is 1. The molecule has 0 amide bonds. The number of hydrogen-bond acceptors (Lipinski definition) is 7. The lowest BCUT2D eigenvalue weighted by Gasteiger charge is -2.29. The summed E-state index contributed by atoms with van der Waals surface area (Å²) in [6.45, 7) is 3.26. The van der Waals surface area contributed by atoms with E-state index in [1.165, 1.54) is 64.2 Å². The second-order valence-electron chi connectivity index (χ2n) is 8.93. The molecule has 0 heterocycles. The Labute approximate surface area is 193 Å². The molecule has 0 aliphatic carbocycles. The SMILES string of the molecule is CCCCCCCCCCCCCCCC[C@@H](OC(C)=O)C(=O)C(O)C(O)(CO)C(C)=O. The second kappa shape index (κ2) is 18.2. The predicted molar refractivity (Wildman–Crippen MR) is 124 cm³/mol. The fourth-order valence-electron chi connectivity index (χ4n) is 3.79. The standard InChI is InChI=1S/C25H46O7/c1-4-5-6-7-8-9-10-11-12-13-14-15-16-17-18-22(32-21(3)28)23(29)24(30)25(31,19-26)20(2)27/h22,24,26,30-31H,4-19H2,1-3H3/t22-,24?,25?/m1/s1. The van der Waals surface area contributed by atoms with Crippen LogP contribution in [0.25, 0.3) is 0 Å². The molecule has 0 fully saturated rings. The largest absolute Gasteiger partial charge is 0.454 e. The fourth-order valence-corrected chi connectivity index (χ4v) is 3.79. The zero-order valence-corrected chi connectivity index (χ0v) is 20.4. The molecule has 2 unspecified atom stereocenters. The number of unbranched alkanes of at least 4 members (excludes halogenated alkanes) is 13. The molecule has 0 rings (SSSR count). The first-order chi connectivity index (χ1) is 15.2. The minimum absolute atomic E-state index is 0.201. The van der Waals surface area contributed by atoms with Gasteiger partial charge in [-0.25, -0.2) is 0 Å². The first kappa shape index (κ1) is 30.7. The molecule has 3 atom stereocenters. The highest BCUT2D eigenvalue weighted by Gasteiger charge is 2.46. The minimum Gasteiger partial charge on any atom is -0.454 e. The van der Waals surface area contributed by atoms with Gasteiger partial charge in [-0.15, -0.1) is 0 Å². The zero-order valence-electron chi connectivity index (χ0n) is 20.4. The number of hydrogen-bond donors (Lipinski definition) is 3. The summed E-state index contributed by atoms with van der Waals surface area (Å²) >= 11 is 0. The van der Waals surface area contributed by atoms with Crippen LogP contribution in [0.1, 0.15) is 117 Å². The van der Waals surface area contributed by atoms with Gasteiger partial charge in [0.05, 0.1) is 6.61 Å². The maximum Gasteiger partial charge on any atom is 0.303 e. The van der Waals surface area contributed by atoms with Crippen molar-refractivity contribution in [3.8, 4) is 0 Å². The van der Waals surface area contributed by atoms with Crippen LogP contribution in [-0.2, 0) is 19.1 Å². The maximum absolute atomic E-state index is 12.5. The highest BCUT2D eigenvalue weighted by atomic mass is 16.5. The molecule has 188 valence electrons. The van der Waals surface area contributed by atoms with E-state index in [2.05, 4.69) is 6.92 Å². The Hall–Kier alpha value is -1.31. The molecule has 32 heavy (non-hydrogen) atoms. The number of ketones is 2. The van der Waals surface area contributed by atoms with E-state index in [0.29, 0.717) is 6.42 Å². The highest BCUT2D eigenvalue weighted by Crippen LogP contribution is 2.19. The van der Waals surface area contributed by atoms with Gasteiger partial charge in [0.25, 0.3) is 0 Å². The summed E-state index contributed by atoms with van der Waals surface area (Å²) in [5, 5.41) is 29.5. The molecule has 0 spiro atoms. The lowest BCUT2D eigenvalue weighted by molar-refractivity contribution is -0.173. The van der Waals surface area contributed by atoms with Crippen molar-refractivity contribution in [3.63, 3.8) is 0 Å². The molecule has 7 heteroatoms. The molecule has 0 saturated heterocycles. The van der Waals surface area contributed by atoms with Crippen molar-refractivity contribution < 1.29 is 34.4 Å². The third kappa shape index (κ3) is 12.7. The molecule has 0 aliphatic heterocycles. The molecule has 7 nitrogen and oxygen atoms in total. The number of carbonyl (C=O) groups is 3. The van der Waals surface area contributed by atoms with Gasteiger partial charge in [-0.1, -0.05) is 90.4 Å². The Kier molecular flexibility index (Phi) is 17.4. The molecule has 0 saturated carbocycles. The number of carbonyl (C=O) groups excluding carboxylic acids is 3. The molecule has 0 aromatic carbocycles. The lowest BCUT2D eigenvalue weighted by atomic mass is 9.87. The number of esters is 1. The summed E-state index contributed by atoms with van der Waals surface area (Å²) in [6, 6.07) is 0. The van der Waals surface area contributed by atoms with Crippen LogP contribution < -0.4 is 0 Å². The van der Waals surface area contributed by atoms with Crippen molar-refractivity contribution in [2.75, 3.05) is 6.61 Å². The Bertz CT molecular complexity index is 534. The molecule has 3 N–H and O–H groups in total. The third-order valence-electron chi connectivity index (χ3n) is 6.02. The highest BCUT2D eigenvalue weighted by molar-refractivity contribution is 5.97. The quantitative estimate of drug-likeness (QED) is 0.175. The first-order valence-corrected chi connectivity index (χ1v) is 12.4. The number of aliphatic hydroxyl groups excluding tert-OH is 2. The fraction of sp³-hybridized carbons (Fsp3) is 0.880. The van der Waals surface area contributed by atoms with Gasteiger partial charge in [0.2, 0.25) is 5.78 Å². The topological polar surface area (TPSA) is 121 Å². The van der Waals surface area contributed by atoms with Crippen molar-refractivity contribution in [2.45, 2.75) is 135 Å². The molecular weight excluding hydrogens is 412 g/mol. The number of Topliss-reactive ketones (excluding diaryl/α,β-unsaturated/α-hetero) is 2. The van der Waals surface area contributed by atoms with Crippen molar-refractivity contribution in [2.24, 2.45) is 0 Å². The Balaban J connectivity index is 4.12. The number of rotatable bonds is 21. The predicted octanol–water partition coefficient (Wildman–Crippen LogP) is 4.03. The van der Waals surface area contributed by atoms with Crippen LogP contribution in [0.3, 0.4) is 0 Å². The zero-order chi connectivity index (χ0) is 24.4. The van der Waals surface area contributed by atoms with E-state index >= 15 is 0 Å². The Morgan fingerprint density at radius 1 is 0.781 bits per heavy atom. The van der Waals surface area contributed by atoms with Gasteiger partial charge < -0.3 is 20.1 Å². The van der Waals surface area contributed by atoms with Crippen molar-refractivity contribution in [1.82, 2.24) is 0 Å². The molecule has 0 radical (unpaired) electrons. The van der Waals surface area contributed by atoms with Crippen LogP contribution >= 0.6 is 0 Å². The van der Waals surface area contributed by atoms with Gasteiger partial charge in [0.1, 0.15) is 0 Å². The Morgan fingerprint density at radius 2 is 1.19 bits per heavy atom. The summed E-state index contributed by atoms with van der Waals surface area (Å²) < 4.78 is 5.01. The molecule has 0 aromatic rings. The monoisotopic (exact) mass is 458 g/mol.